The molecule has 0 radical (unpaired) electrons. The number of aromatic amines is 1. The standard InChI is InChI=1S/C11H10N2O2/c1-8-2-3-10-9(4-5-13(14)15)7-12-11(10)6-8/h2-7,12H,1H3/b5-4-. The number of hydrogen-bond acceptors (Lipinski definition) is 2. The fourth-order valence-corrected chi connectivity index (χ4v) is 1.54. The van der Waals surface area contributed by atoms with Crippen LogP contribution in [0.1, 0.15) is 11.1 Å². The second-order valence-electron chi connectivity index (χ2n) is 3.39. The fourth-order valence-electron chi connectivity index (χ4n) is 1.54. The van der Waals surface area contributed by atoms with E-state index in [2.05, 4.69) is 4.98 Å². The maximum Gasteiger partial charge on any atom is 0.235 e. The van der Waals surface area contributed by atoms with Crippen molar-refractivity contribution >= 4 is 17.0 Å². The maximum absolute atomic E-state index is 10.2. The Morgan fingerprint density at radius 2 is 2.27 bits per heavy atom. The monoisotopic (exact) mass is 202 g/mol. The highest BCUT2D eigenvalue weighted by atomic mass is 16.6. The smallest absolute Gasteiger partial charge is 0.235 e. The molecule has 0 spiro atoms. The number of fused-ring (bicyclic) bond motifs is 1. The SMILES string of the molecule is Cc1ccc2c(/C=C\[N+](=O)[O-])c[nH]c2c1. The highest BCUT2D eigenvalue weighted by molar-refractivity contribution is 5.89. The zero-order chi connectivity index (χ0) is 10.8. The Bertz CT molecular complexity index is 541. The molecule has 0 aliphatic carbocycles. The van der Waals surface area contributed by atoms with E-state index in [1.54, 1.807) is 6.20 Å². The minimum absolute atomic E-state index is 0.465. The van der Waals surface area contributed by atoms with Crippen molar-refractivity contribution in [3.05, 3.63) is 51.8 Å². The van der Waals surface area contributed by atoms with Gasteiger partial charge in [-0.15, -0.1) is 0 Å². The van der Waals surface area contributed by atoms with Crippen molar-refractivity contribution in [1.82, 2.24) is 4.98 Å². The molecule has 2 rings (SSSR count). The van der Waals surface area contributed by atoms with E-state index in [0.717, 1.165) is 28.2 Å². The van der Waals surface area contributed by atoms with Crippen LogP contribution in [-0.4, -0.2) is 9.91 Å². The van der Waals surface area contributed by atoms with Gasteiger partial charge in [-0.1, -0.05) is 12.1 Å². The van der Waals surface area contributed by atoms with Gasteiger partial charge < -0.3 is 4.98 Å². The Balaban J connectivity index is 2.50. The summed E-state index contributed by atoms with van der Waals surface area (Å²) >= 11 is 0. The van der Waals surface area contributed by atoms with Crippen LogP contribution in [0, 0.1) is 17.0 Å². The van der Waals surface area contributed by atoms with E-state index in [9.17, 15) is 10.1 Å². The number of H-pyrrole nitrogens is 1. The predicted octanol–water partition coefficient (Wildman–Crippen LogP) is 2.72. The first-order valence-electron chi connectivity index (χ1n) is 4.56. The van der Waals surface area contributed by atoms with Crippen LogP contribution in [0.15, 0.2) is 30.6 Å². The molecule has 1 aromatic heterocycles. The van der Waals surface area contributed by atoms with Gasteiger partial charge in [-0.05, 0) is 18.6 Å². The lowest BCUT2D eigenvalue weighted by Gasteiger charge is -1.93. The first-order valence-corrected chi connectivity index (χ1v) is 4.56. The first kappa shape index (κ1) is 9.45. The molecule has 0 amide bonds. The van der Waals surface area contributed by atoms with E-state index < -0.39 is 4.92 Å². The molecule has 0 atom stereocenters. The molecule has 2 aromatic rings. The van der Waals surface area contributed by atoms with Crippen LogP contribution in [0.2, 0.25) is 0 Å². The molecular weight excluding hydrogens is 192 g/mol. The molecule has 1 heterocycles. The number of aromatic nitrogens is 1. The van der Waals surface area contributed by atoms with Crippen molar-refractivity contribution in [2.75, 3.05) is 0 Å². The van der Waals surface area contributed by atoms with E-state index in [1.165, 1.54) is 6.08 Å². The molecule has 0 unspecified atom stereocenters. The van der Waals surface area contributed by atoms with Crippen LogP contribution in [0.4, 0.5) is 0 Å². The summed E-state index contributed by atoms with van der Waals surface area (Å²) in [6, 6.07) is 5.96. The van der Waals surface area contributed by atoms with E-state index in [1.807, 2.05) is 25.1 Å². The Morgan fingerprint density at radius 3 is 3.00 bits per heavy atom. The van der Waals surface area contributed by atoms with E-state index in [0.29, 0.717) is 0 Å². The first-order chi connectivity index (χ1) is 7.16. The highest BCUT2D eigenvalue weighted by Crippen LogP contribution is 2.20. The van der Waals surface area contributed by atoms with E-state index in [4.69, 9.17) is 0 Å². The molecule has 1 aromatic carbocycles. The number of nitrogens with zero attached hydrogens (tertiary/aromatic N) is 1. The van der Waals surface area contributed by atoms with Crippen LogP contribution in [0.5, 0.6) is 0 Å². The van der Waals surface area contributed by atoms with Gasteiger partial charge in [-0.25, -0.2) is 0 Å². The molecule has 0 aliphatic rings. The van der Waals surface area contributed by atoms with Crippen LogP contribution < -0.4 is 0 Å². The van der Waals surface area contributed by atoms with Gasteiger partial charge in [0.2, 0.25) is 6.20 Å². The summed E-state index contributed by atoms with van der Waals surface area (Å²) in [6.07, 6.45) is 4.21. The molecule has 1 N–H and O–H groups in total. The molecule has 0 bridgehead atoms. The van der Waals surface area contributed by atoms with Crippen LogP contribution in [-0.2, 0) is 0 Å². The summed E-state index contributed by atoms with van der Waals surface area (Å²) in [6.45, 7) is 2.01. The molecular formula is C11H10N2O2. The molecule has 0 fully saturated rings. The second kappa shape index (κ2) is 3.57. The quantitative estimate of drug-likeness (QED) is 0.601. The normalized spacial score (nSPS) is 11.3. The fraction of sp³-hybridized carbons (Fsp3) is 0.0909. The summed E-state index contributed by atoms with van der Waals surface area (Å²) in [7, 11) is 0. The number of hydrogen-bond donors (Lipinski definition) is 1. The number of rotatable bonds is 2. The minimum Gasteiger partial charge on any atom is -0.361 e. The third-order valence-corrected chi connectivity index (χ3v) is 2.25. The number of benzene rings is 1. The summed E-state index contributed by atoms with van der Waals surface area (Å²) in [5.41, 5.74) is 2.99. The maximum atomic E-state index is 10.2. The Hall–Kier alpha value is -2.10. The van der Waals surface area contributed by atoms with Crippen molar-refractivity contribution in [3.8, 4) is 0 Å². The van der Waals surface area contributed by atoms with Gasteiger partial charge in [0.1, 0.15) is 0 Å². The van der Waals surface area contributed by atoms with Gasteiger partial charge in [-0.3, -0.25) is 10.1 Å². The molecule has 0 aliphatic heterocycles. The molecule has 4 heteroatoms. The predicted molar refractivity (Wildman–Crippen MR) is 59.1 cm³/mol. The van der Waals surface area contributed by atoms with Crippen LogP contribution in [0.3, 0.4) is 0 Å². The highest BCUT2D eigenvalue weighted by Gasteiger charge is 2.01. The van der Waals surface area contributed by atoms with E-state index >= 15 is 0 Å². The van der Waals surface area contributed by atoms with Gasteiger partial charge in [0.05, 0.1) is 4.92 Å². The van der Waals surface area contributed by atoms with Gasteiger partial charge in [0.25, 0.3) is 0 Å². The molecule has 0 saturated carbocycles. The van der Waals surface area contributed by atoms with Crippen LogP contribution in [0.25, 0.3) is 17.0 Å². The van der Waals surface area contributed by atoms with Crippen molar-refractivity contribution in [2.24, 2.45) is 0 Å². The lowest BCUT2D eigenvalue weighted by atomic mass is 10.1. The zero-order valence-electron chi connectivity index (χ0n) is 8.23. The third-order valence-electron chi connectivity index (χ3n) is 2.25. The summed E-state index contributed by atoms with van der Waals surface area (Å²) < 4.78 is 0. The number of nitro groups is 1. The Kier molecular flexibility index (Phi) is 2.25. The average molecular weight is 202 g/mol. The van der Waals surface area contributed by atoms with E-state index in [-0.39, 0.29) is 0 Å². The average Bonchev–Trinajstić information content (AvgIpc) is 2.57. The second-order valence-corrected chi connectivity index (χ2v) is 3.39. The summed E-state index contributed by atoms with van der Waals surface area (Å²) in [5.74, 6) is 0. The molecule has 4 nitrogen and oxygen atoms in total. The third kappa shape index (κ3) is 1.88. The number of aryl methyl sites for hydroxylation is 1. The van der Waals surface area contributed by atoms with Crippen molar-refractivity contribution in [3.63, 3.8) is 0 Å². The zero-order valence-corrected chi connectivity index (χ0v) is 8.23. The topological polar surface area (TPSA) is 58.9 Å². The Morgan fingerprint density at radius 1 is 1.47 bits per heavy atom. The number of nitrogens with one attached hydrogen (secondary N) is 1. The molecule has 0 saturated heterocycles. The van der Waals surface area contributed by atoms with Gasteiger partial charge >= 0.3 is 0 Å². The van der Waals surface area contributed by atoms with Gasteiger partial charge in [0.15, 0.2) is 0 Å². The van der Waals surface area contributed by atoms with Crippen molar-refractivity contribution in [2.45, 2.75) is 6.92 Å². The Labute approximate surface area is 86.4 Å². The largest absolute Gasteiger partial charge is 0.361 e. The summed E-state index contributed by atoms with van der Waals surface area (Å²) in [4.78, 5) is 12.8. The molecule has 15 heavy (non-hydrogen) atoms. The van der Waals surface area contributed by atoms with Gasteiger partial charge in [-0.2, -0.15) is 0 Å². The van der Waals surface area contributed by atoms with Crippen molar-refractivity contribution < 1.29 is 4.92 Å². The lowest BCUT2D eigenvalue weighted by molar-refractivity contribution is -0.400. The van der Waals surface area contributed by atoms with Gasteiger partial charge in [0, 0.05) is 28.7 Å². The molecule has 76 valence electrons. The summed E-state index contributed by atoms with van der Waals surface area (Å²) in [5, 5.41) is 11.2. The van der Waals surface area contributed by atoms with Crippen LogP contribution >= 0.6 is 0 Å². The lowest BCUT2D eigenvalue weighted by Crippen LogP contribution is -1.81. The van der Waals surface area contributed by atoms with Crippen molar-refractivity contribution in [1.29, 1.82) is 0 Å². The minimum atomic E-state index is -0.465.